The maximum atomic E-state index is 11.5. The number of halogens is 1. The van der Waals surface area contributed by atoms with E-state index in [1.807, 2.05) is 32.0 Å². The predicted molar refractivity (Wildman–Crippen MR) is 75.9 cm³/mol. The molecule has 5 heteroatoms. The summed E-state index contributed by atoms with van der Waals surface area (Å²) in [6.45, 7) is 5.48. The van der Waals surface area contributed by atoms with Gasteiger partial charge in [0.15, 0.2) is 0 Å². The van der Waals surface area contributed by atoms with E-state index in [1.54, 1.807) is 6.92 Å². The first-order chi connectivity index (χ1) is 9.02. The number of ketones is 1. The molecular weight excluding hydrogens is 308 g/mol. The van der Waals surface area contributed by atoms with Crippen LogP contribution < -0.4 is 0 Å². The molecule has 0 fully saturated rings. The van der Waals surface area contributed by atoms with Gasteiger partial charge in [-0.15, -0.1) is 0 Å². The number of carbonyl (C=O) groups is 1. The van der Waals surface area contributed by atoms with E-state index >= 15 is 0 Å². The molecule has 1 aromatic heterocycles. The minimum Gasteiger partial charge on any atom is -0.338 e. The summed E-state index contributed by atoms with van der Waals surface area (Å²) in [5, 5.41) is 3.95. The Morgan fingerprint density at radius 3 is 2.79 bits per heavy atom. The quantitative estimate of drug-likeness (QED) is 0.856. The first-order valence-electron chi connectivity index (χ1n) is 6.13. The Hall–Kier alpha value is -1.49. The summed E-state index contributed by atoms with van der Waals surface area (Å²) in [6.07, 6.45) is 0.661. The predicted octanol–water partition coefficient (Wildman–Crippen LogP) is 3.89. The molecule has 0 bridgehead atoms. The molecule has 1 aromatic carbocycles. The van der Waals surface area contributed by atoms with Crippen LogP contribution >= 0.6 is 15.9 Å². The number of hydrogen-bond donors (Lipinski definition) is 0. The van der Waals surface area contributed by atoms with Gasteiger partial charge in [0.05, 0.1) is 5.92 Å². The van der Waals surface area contributed by atoms with E-state index in [1.165, 1.54) is 0 Å². The SMILES string of the molecule is CCC(C(C)=O)c1nc(-c2ccc(C)c(Br)c2)no1. The minimum atomic E-state index is -0.310. The number of carbonyl (C=O) groups excluding carboxylic acids is 1. The summed E-state index contributed by atoms with van der Waals surface area (Å²) < 4.78 is 6.20. The zero-order valence-corrected chi connectivity index (χ0v) is 12.7. The number of hydrogen-bond acceptors (Lipinski definition) is 4. The number of nitrogens with zero attached hydrogens (tertiary/aromatic N) is 2. The molecule has 1 unspecified atom stereocenters. The van der Waals surface area contributed by atoms with Crippen LogP contribution in [-0.4, -0.2) is 15.9 Å². The monoisotopic (exact) mass is 322 g/mol. The molecule has 0 saturated carbocycles. The van der Waals surface area contributed by atoms with Gasteiger partial charge in [-0.25, -0.2) is 0 Å². The van der Waals surface area contributed by atoms with Crippen LogP contribution in [0, 0.1) is 6.92 Å². The summed E-state index contributed by atoms with van der Waals surface area (Å²) in [5.41, 5.74) is 2.01. The molecule has 4 nitrogen and oxygen atoms in total. The number of Topliss-reactive ketones (excluding diaryl/α,β-unsaturated/α-hetero) is 1. The van der Waals surface area contributed by atoms with Crippen molar-refractivity contribution in [1.82, 2.24) is 10.1 Å². The fraction of sp³-hybridized carbons (Fsp3) is 0.357. The first kappa shape index (κ1) is 13.9. The topological polar surface area (TPSA) is 56.0 Å². The smallest absolute Gasteiger partial charge is 0.237 e. The van der Waals surface area contributed by atoms with Crippen molar-refractivity contribution in [1.29, 1.82) is 0 Å². The molecule has 0 aliphatic rings. The number of aryl methyl sites for hydroxylation is 1. The summed E-state index contributed by atoms with van der Waals surface area (Å²) in [4.78, 5) is 15.8. The van der Waals surface area contributed by atoms with Crippen LogP contribution in [0.15, 0.2) is 27.2 Å². The lowest BCUT2D eigenvalue weighted by Crippen LogP contribution is -2.07. The Balaban J connectivity index is 2.35. The van der Waals surface area contributed by atoms with Crippen LogP contribution in [0.25, 0.3) is 11.4 Å². The van der Waals surface area contributed by atoms with Crippen LogP contribution in [0.3, 0.4) is 0 Å². The van der Waals surface area contributed by atoms with Crippen molar-refractivity contribution in [3.63, 3.8) is 0 Å². The second kappa shape index (κ2) is 5.65. The standard InChI is InChI=1S/C14H15BrN2O2/c1-4-11(9(3)18)14-16-13(17-19-14)10-6-5-8(2)12(15)7-10/h5-7,11H,4H2,1-3H3. The zero-order chi connectivity index (χ0) is 14.0. The molecule has 1 heterocycles. The van der Waals surface area contributed by atoms with Crippen LogP contribution in [0.4, 0.5) is 0 Å². The summed E-state index contributed by atoms with van der Waals surface area (Å²) in [7, 11) is 0. The molecule has 2 aromatic rings. The molecule has 0 saturated heterocycles. The maximum Gasteiger partial charge on any atom is 0.237 e. The molecule has 0 amide bonds. The third-order valence-corrected chi connectivity index (χ3v) is 3.92. The molecule has 0 spiro atoms. The highest BCUT2D eigenvalue weighted by Crippen LogP contribution is 2.26. The Kier molecular flexibility index (Phi) is 4.14. The van der Waals surface area contributed by atoms with Gasteiger partial charge in [-0.05, 0) is 31.9 Å². The van der Waals surface area contributed by atoms with Crippen molar-refractivity contribution < 1.29 is 9.32 Å². The fourth-order valence-electron chi connectivity index (χ4n) is 1.86. The number of benzene rings is 1. The van der Waals surface area contributed by atoms with Crippen molar-refractivity contribution in [2.45, 2.75) is 33.1 Å². The lowest BCUT2D eigenvalue weighted by atomic mass is 10.0. The lowest BCUT2D eigenvalue weighted by Gasteiger charge is -2.03. The molecule has 1 atom stereocenters. The van der Waals surface area contributed by atoms with Gasteiger partial charge in [0.1, 0.15) is 5.78 Å². The molecular formula is C14H15BrN2O2. The Morgan fingerprint density at radius 2 is 2.21 bits per heavy atom. The zero-order valence-electron chi connectivity index (χ0n) is 11.1. The molecule has 0 N–H and O–H groups in total. The highest BCUT2D eigenvalue weighted by atomic mass is 79.9. The summed E-state index contributed by atoms with van der Waals surface area (Å²) in [5.74, 6) is 0.634. The molecule has 19 heavy (non-hydrogen) atoms. The normalized spacial score (nSPS) is 12.4. The minimum absolute atomic E-state index is 0.0442. The van der Waals surface area contributed by atoms with Gasteiger partial charge >= 0.3 is 0 Å². The van der Waals surface area contributed by atoms with Crippen molar-refractivity contribution >= 4 is 21.7 Å². The van der Waals surface area contributed by atoms with Crippen LogP contribution in [0.1, 0.15) is 37.6 Å². The third kappa shape index (κ3) is 2.92. The average Bonchev–Trinajstić information content (AvgIpc) is 2.82. The average molecular weight is 323 g/mol. The third-order valence-electron chi connectivity index (χ3n) is 3.07. The number of rotatable bonds is 4. The molecule has 2 rings (SSSR count). The largest absolute Gasteiger partial charge is 0.338 e. The molecule has 0 aliphatic heterocycles. The summed E-state index contributed by atoms with van der Waals surface area (Å²) >= 11 is 3.48. The highest BCUT2D eigenvalue weighted by molar-refractivity contribution is 9.10. The van der Waals surface area contributed by atoms with E-state index in [0.29, 0.717) is 18.1 Å². The van der Waals surface area contributed by atoms with Crippen molar-refractivity contribution in [2.75, 3.05) is 0 Å². The van der Waals surface area contributed by atoms with Gasteiger partial charge in [0, 0.05) is 10.0 Å². The molecule has 100 valence electrons. The fourth-order valence-corrected chi connectivity index (χ4v) is 2.24. The van der Waals surface area contributed by atoms with Crippen LogP contribution in [-0.2, 0) is 4.79 Å². The maximum absolute atomic E-state index is 11.5. The van der Waals surface area contributed by atoms with Gasteiger partial charge in [-0.3, -0.25) is 4.79 Å². The van der Waals surface area contributed by atoms with E-state index in [0.717, 1.165) is 15.6 Å². The molecule has 0 aliphatic carbocycles. The van der Waals surface area contributed by atoms with E-state index in [9.17, 15) is 4.79 Å². The Labute approximate surface area is 120 Å². The Morgan fingerprint density at radius 1 is 1.47 bits per heavy atom. The van der Waals surface area contributed by atoms with E-state index in [2.05, 4.69) is 26.1 Å². The van der Waals surface area contributed by atoms with Crippen molar-refractivity contribution in [3.05, 3.63) is 34.1 Å². The lowest BCUT2D eigenvalue weighted by molar-refractivity contribution is -0.119. The second-order valence-electron chi connectivity index (χ2n) is 4.49. The first-order valence-corrected chi connectivity index (χ1v) is 6.92. The Bertz CT molecular complexity index is 607. The van der Waals surface area contributed by atoms with Crippen LogP contribution in [0.2, 0.25) is 0 Å². The van der Waals surface area contributed by atoms with Crippen LogP contribution in [0.5, 0.6) is 0 Å². The highest BCUT2D eigenvalue weighted by Gasteiger charge is 2.22. The molecule has 0 radical (unpaired) electrons. The van der Waals surface area contributed by atoms with Gasteiger partial charge in [0.2, 0.25) is 11.7 Å². The van der Waals surface area contributed by atoms with Gasteiger partial charge in [-0.1, -0.05) is 40.1 Å². The van der Waals surface area contributed by atoms with E-state index < -0.39 is 0 Å². The van der Waals surface area contributed by atoms with Crippen molar-refractivity contribution in [2.24, 2.45) is 0 Å². The van der Waals surface area contributed by atoms with Gasteiger partial charge in [-0.2, -0.15) is 4.98 Å². The van der Waals surface area contributed by atoms with Crippen molar-refractivity contribution in [3.8, 4) is 11.4 Å². The second-order valence-corrected chi connectivity index (χ2v) is 5.35. The van der Waals surface area contributed by atoms with E-state index in [4.69, 9.17) is 4.52 Å². The van der Waals surface area contributed by atoms with Gasteiger partial charge < -0.3 is 4.52 Å². The summed E-state index contributed by atoms with van der Waals surface area (Å²) in [6, 6.07) is 5.86. The number of aromatic nitrogens is 2. The van der Waals surface area contributed by atoms with E-state index in [-0.39, 0.29) is 11.7 Å². The van der Waals surface area contributed by atoms with Gasteiger partial charge in [0.25, 0.3) is 0 Å².